The zero-order valence-electron chi connectivity index (χ0n) is 15.0. The van der Waals surface area contributed by atoms with E-state index in [0.717, 1.165) is 16.7 Å². The molecule has 0 unspecified atom stereocenters. The fourth-order valence-electron chi connectivity index (χ4n) is 3.28. The molecule has 0 saturated heterocycles. The summed E-state index contributed by atoms with van der Waals surface area (Å²) in [7, 11) is 0. The first-order valence-corrected chi connectivity index (χ1v) is 9.08. The molecule has 0 spiro atoms. The number of fused-ring (bicyclic) bond motifs is 1. The molecule has 138 valence electrons. The number of aromatic nitrogens is 1. The minimum Gasteiger partial charge on any atom is -0.449 e. The average Bonchev–Trinajstić information content (AvgIpc) is 2.70. The lowest BCUT2D eigenvalue weighted by atomic mass is 9.99. The van der Waals surface area contributed by atoms with Gasteiger partial charge in [-0.1, -0.05) is 72.3 Å². The highest BCUT2D eigenvalue weighted by atomic mass is 35.5. The molecule has 28 heavy (non-hydrogen) atoms. The van der Waals surface area contributed by atoms with E-state index in [9.17, 15) is 9.90 Å². The van der Waals surface area contributed by atoms with Crippen molar-refractivity contribution >= 4 is 28.7 Å². The van der Waals surface area contributed by atoms with Crippen LogP contribution < -0.4 is 4.74 Å². The smallest absolute Gasteiger partial charge is 0.449 e. The molecule has 0 saturated carbocycles. The first-order chi connectivity index (χ1) is 13.5. The fraction of sp³-hybridized carbons (Fsp3) is 0.0435. The van der Waals surface area contributed by atoms with Gasteiger partial charge in [-0.2, -0.15) is 0 Å². The van der Waals surface area contributed by atoms with Crippen LogP contribution in [-0.2, 0) is 0 Å². The van der Waals surface area contributed by atoms with E-state index in [2.05, 4.69) is 12.1 Å². The summed E-state index contributed by atoms with van der Waals surface area (Å²) in [6.07, 6.45) is -1.39. The second-order valence-corrected chi connectivity index (χ2v) is 6.77. The van der Waals surface area contributed by atoms with Crippen LogP contribution in [-0.4, -0.2) is 16.2 Å². The van der Waals surface area contributed by atoms with E-state index < -0.39 is 6.16 Å². The molecule has 1 heterocycles. The number of carboxylic acid groups (broad SMARTS) is 1. The van der Waals surface area contributed by atoms with Crippen LogP contribution in [0.3, 0.4) is 0 Å². The number of nitrogens with zero attached hydrogens (tertiary/aromatic N) is 1. The van der Waals surface area contributed by atoms with Gasteiger partial charge in [0.15, 0.2) is 5.75 Å². The summed E-state index contributed by atoms with van der Waals surface area (Å²) >= 11 is 6.29. The molecule has 0 radical (unpaired) electrons. The zero-order valence-corrected chi connectivity index (χ0v) is 15.8. The predicted molar refractivity (Wildman–Crippen MR) is 111 cm³/mol. The lowest BCUT2D eigenvalue weighted by molar-refractivity contribution is 0.145. The van der Waals surface area contributed by atoms with Crippen molar-refractivity contribution in [3.05, 3.63) is 83.4 Å². The van der Waals surface area contributed by atoms with Gasteiger partial charge in [-0.15, -0.1) is 0 Å². The fourth-order valence-corrected chi connectivity index (χ4v) is 3.53. The predicted octanol–water partition coefficient (Wildman–Crippen LogP) is 6.59. The average molecular weight is 390 g/mol. The Morgan fingerprint density at radius 2 is 1.54 bits per heavy atom. The standard InChI is InChI=1S/C23H16ClNO3/c1-14-21(17-12-10-16(11-13-17)15-6-3-2-4-7-15)25-19-9-5-8-18(24)20(19)22(14)28-23(26)27/h2-13H,1H3,(H,26,27). The molecule has 1 aromatic heterocycles. The summed E-state index contributed by atoms with van der Waals surface area (Å²) in [5.74, 6) is 0.213. The molecule has 0 bridgehead atoms. The van der Waals surface area contributed by atoms with E-state index in [1.807, 2.05) is 42.5 Å². The minimum atomic E-state index is -1.39. The number of pyridine rings is 1. The van der Waals surface area contributed by atoms with Crippen molar-refractivity contribution in [2.24, 2.45) is 0 Å². The first-order valence-electron chi connectivity index (χ1n) is 8.70. The van der Waals surface area contributed by atoms with Crippen LogP contribution >= 0.6 is 11.6 Å². The van der Waals surface area contributed by atoms with Crippen LogP contribution in [0.15, 0.2) is 72.8 Å². The molecule has 3 aromatic carbocycles. The number of rotatable bonds is 3. The molecule has 4 nitrogen and oxygen atoms in total. The maximum absolute atomic E-state index is 11.2. The molecule has 0 aliphatic heterocycles. The van der Waals surface area contributed by atoms with E-state index in [1.54, 1.807) is 25.1 Å². The summed E-state index contributed by atoms with van der Waals surface area (Å²) < 4.78 is 5.09. The monoisotopic (exact) mass is 389 g/mol. The van der Waals surface area contributed by atoms with E-state index in [1.165, 1.54) is 0 Å². The summed E-state index contributed by atoms with van der Waals surface area (Å²) in [5, 5.41) is 10.1. The van der Waals surface area contributed by atoms with Crippen molar-refractivity contribution in [3.63, 3.8) is 0 Å². The van der Waals surface area contributed by atoms with E-state index in [-0.39, 0.29) is 5.75 Å². The van der Waals surface area contributed by atoms with Gasteiger partial charge in [0.1, 0.15) is 0 Å². The van der Waals surface area contributed by atoms with Crippen LogP contribution in [0.5, 0.6) is 5.75 Å². The van der Waals surface area contributed by atoms with Gasteiger partial charge in [0, 0.05) is 11.1 Å². The molecule has 0 atom stereocenters. The van der Waals surface area contributed by atoms with E-state index >= 15 is 0 Å². The van der Waals surface area contributed by atoms with Gasteiger partial charge in [-0.3, -0.25) is 0 Å². The summed E-state index contributed by atoms with van der Waals surface area (Å²) in [4.78, 5) is 16.0. The van der Waals surface area contributed by atoms with Crippen molar-refractivity contribution < 1.29 is 14.6 Å². The third-order valence-electron chi connectivity index (χ3n) is 4.60. The molecule has 0 amide bonds. The molecule has 0 aliphatic rings. The Labute approximate surface area is 167 Å². The highest BCUT2D eigenvalue weighted by molar-refractivity contribution is 6.36. The van der Waals surface area contributed by atoms with E-state index in [0.29, 0.717) is 27.2 Å². The molecule has 0 aliphatic carbocycles. The largest absolute Gasteiger partial charge is 0.511 e. The quantitative estimate of drug-likeness (QED) is 0.401. The minimum absolute atomic E-state index is 0.213. The Hall–Kier alpha value is -3.37. The summed E-state index contributed by atoms with van der Waals surface area (Å²) in [5.41, 5.74) is 4.94. The highest BCUT2D eigenvalue weighted by Gasteiger charge is 2.19. The summed E-state index contributed by atoms with van der Waals surface area (Å²) in [6, 6.07) is 23.3. The zero-order chi connectivity index (χ0) is 19.7. The molecule has 4 rings (SSSR count). The topological polar surface area (TPSA) is 59.4 Å². The van der Waals surface area contributed by atoms with Gasteiger partial charge in [-0.05, 0) is 30.2 Å². The van der Waals surface area contributed by atoms with Gasteiger partial charge in [0.05, 0.1) is 21.6 Å². The lowest BCUT2D eigenvalue weighted by Crippen LogP contribution is -2.06. The Morgan fingerprint density at radius 1 is 0.893 bits per heavy atom. The number of ether oxygens (including phenoxy) is 1. The Morgan fingerprint density at radius 3 is 2.21 bits per heavy atom. The Bertz CT molecular complexity index is 1170. The van der Waals surface area contributed by atoms with Crippen LogP contribution in [0.2, 0.25) is 5.02 Å². The lowest BCUT2D eigenvalue weighted by Gasteiger charge is -2.14. The first kappa shape index (κ1) is 18.0. The second kappa shape index (κ2) is 7.33. The number of hydrogen-bond acceptors (Lipinski definition) is 3. The second-order valence-electron chi connectivity index (χ2n) is 6.36. The normalized spacial score (nSPS) is 10.8. The molecule has 5 heteroatoms. The molecule has 0 fully saturated rings. The van der Waals surface area contributed by atoms with Crippen LogP contribution in [0, 0.1) is 6.92 Å². The Balaban J connectivity index is 1.87. The van der Waals surface area contributed by atoms with Crippen molar-refractivity contribution in [3.8, 4) is 28.1 Å². The third kappa shape index (κ3) is 3.30. The van der Waals surface area contributed by atoms with Gasteiger partial charge in [-0.25, -0.2) is 9.78 Å². The van der Waals surface area contributed by atoms with E-state index in [4.69, 9.17) is 21.3 Å². The maximum Gasteiger partial charge on any atom is 0.511 e. The number of carbonyl (C=O) groups is 1. The maximum atomic E-state index is 11.2. The van der Waals surface area contributed by atoms with Crippen molar-refractivity contribution in [1.29, 1.82) is 0 Å². The van der Waals surface area contributed by atoms with Gasteiger partial charge >= 0.3 is 6.16 Å². The van der Waals surface area contributed by atoms with Crippen molar-refractivity contribution in [2.75, 3.05) is 0 Å². The van der Waals surface area contributed by atoms with Crippen LogP contribution in [0.1, 0.15) is 5.56 Å². The van der Waals surface area contributed by atoms with Gasteiger partial charge < -0.3 is 9.84 Å². The van der Waals surface area contributed by atoms with Crippen LogP contribution in [0.25, 0.3) is 33.3 Å². The molecular weight excluding hydrogens is 374 g/mol. The van der Waals surface area contributed by atoms with Crippen molar-refractivity contribution in [1.82, 2.24) is 4.98 Å². The highest BCUT2D eigenvalue weighted by Crippen LogP contribution is 2.39. The van der Waals surface area contributed by atoms with Crippen LogP contribution in [0.4, 0.5) is 4.79 Å². The van der Waals surface area contributed by atoms with Gasteiger partial charge in [0.2, 0.25) is 0 Å². The molecule has 4 aromatic rings. The SMILES string of the molecule is Cc1c(-c2ccc(-c3ccccc3)cc2)nc2cccc(Cl)c2c1OC(=O)O. The molecular formula is C23H16ClNO3. The van der Waals surface area contributed by atoms with Crippen molar-refractivity contribution in [2.45, 2.75) is 6.92 Å². The summed E-state index contributed by atoms with van der Waals surface area (Å²) in [6.45, 7) is 1.79. The number of halogens is 1. The number of benzene rings is 3. The van der Waals surface area contributed by atoms with Gasteiger partial charge in [0.25, 0.3) is 0 Å². The molecule has 1 N–H and O–H groups in total. The number of hydrogen-bond donors (Lipinski definition) is 1. The third-order valence-corrected chi connectivity index (χ3v) is 4.92. The Kier molecular flexibility index (Phi) is 4.72.